The van der Waals surface area contributed by atoms with Gasteiger partial charge in [-0.15, -0.1) is 0 Å². The number of hydrogen-bond acceptors (Lipinski definition) is 4. The van der Waals surface area contributed by atoms with Gasteiger partial charge in [-0.05, 0) is 68.1 Å². The number of carbonyl (C=O) groups excluding carboxylic acids is 2. The van der Waals surface area contributed by atoms with Gasteiger partial charge in [0.2, 0.25) is 5.91 Å². The fourth-order valence-corrected chi connectivity index (χ4v) is 3.41. The molecule has 0 saturated carbocycles. The Balaban J connectivity index is 1.74. The number of benzene rings is 2. The highest BCUT2D eigenvalue weighted by molar-refractivity contribution is 5.88. The molecule has 2 aromatic carbocycles. The van der Waals surface area contributed by atoms with Crippen molar-refractivity contribution in [1.82, 2.24) is 10.2 Å². The number of hydrogen-bond donors (Lipinski definition) is 1. The van der Waals surface area contributed by atoms with Gasteiger partial charge in [0, 0.05) is 13.1 Å². The van der Waals surface area contributed by atoms with Crippen molar-refractivity contribution in [2.75, 3.05) is 19.8 Å². The minimum absolute atomic E-state index is 0.145. The zero-order chi connectivity index (χ0) is 21.3. The Bertz CT molecular complexity index is 839. The average molecular weight is 414 g/mol. The van der Waals surface area contributed by atoms with E-state index >= 15 is 0 Å². The Morgan fingerprint density at radius 2 is 1.73 bits per heavy atom. The summed E-state index contributed by atoms with van der Waals surface area (Å²) in [7, 11) is 0. The van der Waals surface area contributed by atoms with E-state index in [1.807, 2.05) is 31.2 Å². The normalized spacial score (nSPS) is 16.3. The minimum Gasteiger partial charge on any atom is -0.494 e. The molecule has 7 heteroatoms. The average Bonchev–Trinajstić information content (AvgIpc) is 2.97. The van der Waals surface area contributed by atoms with Gasteiger partial charge in [-0.25, -0.2) is 4.39 Å². The Hall–Kier alpha value is -3.09. The van der Waals surface area contributed by atoms with Crippen molar-refractivity contribution in [3.05, 3.63) is 59.9 Å². The second-order valence-corrected chi connectivity index (χ2v) is 7.14. The molecule has 0 spiro atoms. The van der Waals surface area contributed by atoms with Gasteiger partial charge in [-0.2, -0.15) is 0 Å². The second-order valence-electron chi connectivity index (χ2n) is 7.14. The molecule has 6 nitrogen and oxygen atoms in total. The molecule has 1 heterocycles. The highest BCUT2D eigenvalue weighted by Gasteiger charge is 2.31. The lowest BCUT2D eigenvalue weighted by molar-refractivity contribution is -0.142. The first kappa shape index (κ1) is 21.6. The van der Waals surface area contributed by atoms with Gasteiger partial charge in [0.1, 0.15) is 23.4 Å². The summed E-state index contributed by atoms with van der Waals surface area (Å²) < 4.78 is 24.1. The number of halogens is 1. The maximum absolute atomic E-state index is 13.1. The Labute approximate surface area is 176 Å². The van der Waals surface area contributed by atoms with Crippen LogP contribution in [0.15, 0.2) is 48.5 Å². The van der Waals surface area contributed by atoms with Crippen molar-refractivity contribution >= 4 is 11.8 Å². The molecule has 160 valence electrons. The van der Waals surface area contributed by atoms with Crippen LogP contribution in [0.3, 0.4) is 0 Å². The van der Waals surface area contributed by atoms with Crippen LogP contribution in [0.25, 0.3) is 0 Å². The lowest BCUT2D eigenvalue weighted by atomic mass is 10.1. The number of nitrogens with one attached hydrogen (secondary N) is 1. The fraction of sp³-hybridized carbons (Fsp3) is 0.391. The van der Waals surface area contributed by atoms with Gasteiger partial charge in [-0.3, -0.25) is 9.59 Å². The molecular formula is C23H27FN2O4. The van der Waals surface area contributed by atoms with Crippen LogP contribution in [0.2, 0.25) is 0 Å². The zero-order valence-corrected chi connectivity index (χ0v) is 17.1. The maximum Gasteiger partial charge on any atom is 0.261 e. The van der Waals surface area contributed by atoms with Crippen molar-refractivity contribution in [3.8, 4) is 11.5 Å². The van der Waals surface area contributed by atoms with Crippen LogP contribution in [-0.2, 0) is 16.1 Å². The SMILES string of the molecule is CCOc1ccc(CN(C(=O)COc2ccc(F)cc2)C2CCCCNC2=O)cc1. The quantitative estimate of drug-likeness (QED) is 0.720. The summed E-state index contributed by atoms with van der Waals surface area (Å²) in [4.78, 5) is 27.2. The molecule has 1 N–H and O–H groups in total. The largest absolute Gasteiger partial charge is 0.494 e. The van der Waals surface area contributed by atoms with Crippen molar-refractivity contribution < 1.29 is 23.5 Å². The fourth-order valence-electron chi connectivity index (χ4n) is 3.41. The molecule has 0 aromatic heterocycles. The Morgan fingerprint density at radius 3 is 2.43 bits per heavy atom. The van der Waals surface area contributed by atoms with Crippen molar-refractivity contribution in [1.29, 1.82) is 0 Å². The summed E-state index contributed by atoms with van der Waals surface area (Å²) in [5.74, 6) is 0.340. The molecule has 1 unspecified atom stereocenters. The van der Waals surface area contributed by atoms with Crippen LogP contribution in [0, 0.1) is 5.82 Å². The third-order valence-electron chi connectivity index (χ3n) is 4.97. The van der Waals surface area contributed by atoms with Gasteiger partial charge in [0.05, 0.1) is 6.61 Å². The first-order valence-electron chi connectivity index (χ1n) is 10.2. The van der Waals surface area contributed by atoms with Gasteiger partial charge < -0.3 is 19.7 Å². The second kappa shape index (κ2) is 10.6. The Kier molecular flexibility index (Phi) is 7.65. The monoisotopic (exact) mass is 414 g/mol. The number of nitrogens with zero attached hydrogens (tertiary/aromatic N) is 1. The predicted molar refractivity (Wildman–Crippen MR) is 111 cm³/mol. The van der Waals surface area contributed by atoms with Crippen LogP contribution in [0.5, 0.6) is 11.5 Å². The molecule has 2 aromatic rings. The molecular weight excluding hydrogens is 387 g/mol. The number of amides is 2. The highest BCUT2D eigenvalue weighted by atomic mass is 19.1. The standard InChI is InChI=1S/C23H27FN2O4/c1-2-29-19-10-6-17(7-11-19)15-26(21-5-3-4-14-25-23(21)28)22(27)16-30-20-12-8-18(24)9-13-20/h6-13,21H,2-5,14-16H2,1H3,(H,25,28). The third-order valence-corrected chi connectivity index (χ3v) is 4.97. The molecule has 0 aliphatic carbocycles. The van der Waals surface area contributed by atoms with E-state index in [4.69, 9.17) is 9.47 Å². The maximum atomic E-state index is 13.1. The zero-order valence-electron chi connectivity index (χ0n) is 17.1. The molecule has 0 bridgehead atoms. The third kappa shape index (κ3) is 5.95. The summed E-state index contributed by atoms with van der Waals surface area (Å²) in [6.45, 7) is 3.17. The van der Waals surface area contributed by atoms with E-state index in [-0.39, 0.29) is 30.8 Å². The smallest absolute Gasteiger partial charge is 0.261 e. The van der Waals surface area contributed by atoms with E-state index in [9.17, 15) is 14.0 Å². The predicted octanol–water partition coefficient (Wildman–Crippen LogP) is 3.30. The molecule has 1 aliphatic rings. The van der Waals surface area contributed by atoms with Gasteiger partial charge in [-0.1, -0.05) is 12.1 Å². The first-order valence-corrected chi connectivity index (χ1v) is 10.2. The van der Waals surface area contributed by atoms with Crippen LogP contribution in [0.1, 0.15) is 31.7 Å². The molecule has 1 aliphatic heterocycles. The van der Waals surface area contributed by atoms with Crippen LogP contribution in [-0.4, -0.2) is 42.5 Å². The summed E-state index contributed by atoms with van der Waals surface area (Å²) in [6.07, 6.45) is 2.35. The first-order chi connectivity index (χ1) is 14.6. The molecule has 30 heavy (non-hydrogen) atoms. The molecule has 1 saturated heterocycles. The van der Waals surface area contributed by atoms with Crippen molar-refractivity contribution in [3.63, 3.8) is 0 Å². The molecule has 2 amide bonds. The van der Waals surface area contributed by atoms with Gasteiger partial charge in [0.15, 0.2) is 6.61 Å². The summed E-state index contributed by atoms with van der Waals surface area (Å²) in [6, 6.07) is 12.4. The van der Waals surface area contributed by atoms with Crippen LogP contribution >= 0.6 is 0 Å². The van der Waals surface area contributed by atoms with E-state index in [1.54, 1.807) is 4.90 Å². The summed E-state index contributed by atoms with van der Waals surface area (Å²) in [5, 5.41) is 2.89. The van der Waals surface area contributed by atoms with Gasteiger partial charge in [0.25, 0.3) is 5.91 Å². The molecule has 1 atom stereocenters. The lowest BCUT2D eigenvalue weighted by Gasteiger charge is -2.30. The number of carbonyl (C=O) groups is 2. The van der Waals surface area contributed by atoms with Crippen LogP contribution in [0.4, 0.5) is 4.39 Å². The molecule has 1 fully saturated rings. The van der Waals surface area contributed by atoms with E-state index in [0.29, 0.717) is 25.3 Å². The highest BCUT2D eigenvalue weighted by Crippen LogP contribution is 2.19. The Morgan fingerprint density at radius 1 is 1.07 bits per heavy atom. The van der Waals surface area contributed by atoms with E-state index in [2.05, 4.69) is 5.32 Å². The van der Waals surface area contributed by atoms with E-state index in [0.717, 1.165) is 24.2 Å². The molecule has 0 radical (unpaired) electrons. The number of ether oxygens (including phenoxy) is 2. The van der Waals surface area contributed by atoms with Crippen molar-refractivity contribution in [2.45, 2.75) is 38.8 Å². The molecule has 3 rings (SSSR count). The van der Waals surface area contributed by atoms with Crippen LogP contribution < -0.4 is 14.8 Å². The minimum atomic E-state index is -0.552. The van der Waals surface area contributed by atoms with E-state index in [1.165, 1.54) is 24.3 Å². The van der Waals surface area contributed by atoms with E-state index < -0.39 is 6.04 Å². The summed E-state index contributed by atoms with van der Waals surface area (Å²) in [5.41, 5.74) is 0.894. The summed E-state index contributed by atoms with van der Waals surface area (Å²) >= 11 is 0. The van der Waals surface area contributed by atoms with Gasteiger partial charge >= 0.3 is 0 Å². The topological polar surface area (TPSA) is 67.9 Å². The lowest BCUT2D eigenvalue weighted by Crippen LogP contribution is -2.49. The number of rotatable bonds is 8. The van der Waals surface area contributed by atoms with Crippen molar-refractivity contribution in [2.24, 2.45) is 0 Å².